The molecule has 0 saturated carbocycles. The molecule has 0 bridgehead atoms. The second kappa shape index (κ2) is 30.2. The molecule has 82 heavy (non-hydrogen) atoms. The minimum Gasteiger partial charge on any atom is -0.454 e. The Morgan fingerprint density at radius 1 is 0.415 bits per heavy atom. The Morgan fingerprint density at radius 2 is 0.768 bits per heavy atom. The third-order valence-corrected chi connectivity index (χ3v) is 14.3. The fraction of sp³-hybridized carbons (Fsp3) is 0.324. The van der Waals surface area contributed by atoms with Crippen LogP contribution in [0.25, 0.3) is 0 Å². The number of carbonyl (C=O) groups is 1. The van der Waals surface area contributed by atoms with Crippen LogP contribution in [0.3, 0.4) is 0 Å². The molecule has 0 radical (unpaired) electrons. The van der Waals surface area contributed by atoms with Crippen LogP contribution in [0.2, 0.25) is 0 Å². The molecular weight excluding hydrogens is 1040 g/mol. The van der Waals surface area contributed by atoms with E-state index in [9.17, 15) is 4.79 Å². The van der Waals surface area contributed by atoms with Crippen molar-refractivity contribution in [1.82, 2.24) is 4.57 Å². The minimum absolute atomic E-state index is 0.0592. The first kappa shape index (κ1) is 58.0. The number of imidazole rings is 1. The van der Waals surface area contributed by atoms with Gasteiger partial charge in [-0.1, -0.05) is 206 Å². The van der Waals surface area contributed by atoms with E-state index in [1.807, 2.05) is 212 Å². The van der Waals surface area contributed by atoms with Crippen LogP contribution in [0.1, 0.15) is 51.4 Å². The number of nitrogens with zero attached hydrogens (tertiary/aromatic N) is 2. The molecule has 0 amide bonds. The molecule has 10 atom stereocenters. The van der Waals surface area contributed by atoms with Crippen molar-refractivity contribution in [3.63, 3.8) is 0 Å². The second-order valence-electron chi connectivity index (χ2n) is 20.7. The van der Waals surface area contributed by atoms with Crippen LogP contribution in [0.5, 0.6) is 0 Å². The van der Waals surface area contributed by atoms with Gasteiger partial charge in [-0.25, -0.2) is 9.13 Å². The van der Waals surface area contributed by atoms with Crippen LogP contribution in [0, 0.1) is 0 Å². The summed E-state index contributed by atoms with van der Waals surface area (Å²) in [5.41, 5.74) is 7.72. The number of benzene rings is 7. The molecule has 2 saturated heterocycles. The van der Waals surface area contributed by atoms with Gasteiger partial charge in [0.1, 0.15) is 61.7 Å². The zero-order chi connectivity index (χ0) is 56.1. The average Bonchev–Trinajstić information content (AvgIpc) is 4.08. The van der Waals surface area contributed by atoms with Crippen molar-refractivity contribution < 1.29 is 61.5 Å². The number of hydrogen-bond donors (Lipinski definition) is 0. The van der Waals surface area contributed by atoms with Crippen molar-refractivity contribution in [2.45, 2.75) is 121 Å². The van der Waals surface area contributed by atoms with E-state index in [1.54, 1.807) is 0 Å². The highest BCUT2D eigenvalue weighted by Crippen LogP contribution is 2.37. The molecule has 10 rings (SSSR count). The summed E-state index contributed by atoms with van der Waals surface area (Å²) < 4.78 is 80.3. The second-order valence-corrected chi connectivity index (χ2v) is 20.7. The molecule has 0 unspecified atom stereocenters. The van der Waals surface area contributed by atoms with Gasteiger partial charge >= 0.3 is 5.97 Å². The predicted octanol–water partition coefficient (Wildman–Crippen LogP) is 10.4. The van der Waals surface area contributed by atoms with Gasteiger partial charge in [-0.3, -0.25) is 4.79 Å². The van der Waals surface area contributed by atoms with Crippen LogP contribution in [-0.4, -0.2) is 85.2 Å². The molecule has 0 spiro atoms. The Bertz CT molecular complexity index is 3090. The zero-order valence-corrected chi connectivity index (χ0v) is 46.5. The maximum Gasteiger partial charge on any atom is 0.303 e. The molecule has 2 aliphatic heterocycles. The van der Waals surface area contributed by atoms with Gasteiger partial charge < -0.3 is 52.1 Å². The number of esters is 1. The summed E-state index contributed by atoms with van der Waals surface area (Å²) in [4.78, 5) is 13.6. The van der Waals surface area contributed by atoms with Crippen molar-refractivity contribution in [2.75, 3.05) is 13.2 Å². The average molecular weight is 1110 g/mol. The van der Waals surface area contributed by atoms with E-state index < -0.39 is 67.4 Å². The molecule has 0 aliphatic carbocycles. The van der Waals surface area contributed by atoms with Gasteiger partial charge in [0.25, 0.3) is 0 Å². The van der Waals surface area contributed by atoms with Gasteiger partial charge in [-0.05, 0) is 44.5 Å². The van der Waals surface area contributed by atoms with Gasteiger partial charge in [0.15, 0.2) is 18.7 Å². The van der Waals surface area contributed by atoms with E-state index in [-0.39, 0.29) is 46.2 Å². The van der Waals surface area contributed by atoms with Gasteiger partial charge in [0.2, 0.25) is 6.33 Å². The molecule has 7 aromatic carbocycles. The first-order valence-electron chi connectivity index (χ1n) is 28.1. The number of aromatic nitrogens is 2. The van der Waals surface area contributed by atoms with Gasteiger partial charge in [0.05, 0.1) is 66.5 Å². The fourth-order valence-corrected chi connectivity index (χ4v) is 10.2. The molecule has 14 heteroatoms. The lowest BCUT2D eigenvalue weighted by Crippen LogP contribution is -2.66. The lowest BCUT2D eigenvalue weighted by atomic mass is 9.96. The maximum absolute atomic E-state index is 13.6. The van der Waals surface area contributed by atoms with Crippen molar-refractivity contribution in [1.29, 1.82) is 0 Å². The Kier molecular flexibility index (Phi) is 21.4. The highest BCUT2D eigenvalue weighted by molar-refractivity contribution is 5.66. The lowest BCUT2D eigenvalue weighted by Gasteiger charge is -2.50. The summed E-state index contributed by atoms with van der Waals surface area (Å²) in [6, 6.07) is 67.8. The molecule has 14 nitrogen and oxygen atoms in total. The third-order valence-electron chi connectivity index (χ3n) is 14.3. The van der Waals surface area contributed by atoms with Crippen LogP contribution < -0.4 is 4.57 Å². The summed E-state index contributed by atoms with van der Waals surface area (Å²) in [5.74, 6) is -0.575. The molecule has 3 heterocycles. The van der Waals surface area contributed by atoms with Crippen LogP contribution in [0.4, 0.5) is 0 Å². The highest BCUT2D eigenvalue weighted by atomic mass is 16.8. The van der Waals surface area contributed by atoms with Gasteiger partial charge in [-0.2, -0.15) is 0 Å². The van der Waals surface area contributed by atoms with Gasteiger partial charge in [0, 0.05) is 6.92 Å². The normalized spacial score (nSPS) is 22.6. The number of rotatable bonds is 28. The number of aryl methyl sites for hydroxylation is 1. The fourth-order valence-electron chi connectivity index (χ4n) is 10.2. The Balaban J connectivity index is 1.03. The smallest absolute Gasteiger partial charge is 0.303 e. The molecule has 2 fully saturated rings. The van der Waals surface area contributed by atoms with E-state index in [2.05, 4.69) is 28.8 Å². The zero-order valence-electron chi connectivity index (χ0n) is 46.5. The summed E-state index contributed by atoms with van der Waals surface area (Å²) in [7, 11) is 2.00. The van der Waals surface area contributed by atoms with E-state index in [0.717, 1.165) is 44.5 Å². The predicted molar refractivity (Wildman–Crippen MR) is 306 cm³/mol. The Hall–Kier alpha value is -7.18. The highest BCUT2D eigenvalue weighted by Gasteiger charge is 2.55. The molecule has 8 aromatic rings. The van der Waals surface area contributed by atoms with Crippen LogP contribution in [0.15, 0.2) is 225 Å². The third kappa shape index (κ3) is 17.0. The minimum atomic E-state index is -1.33. The Morgan fingerprint density at radius 3 is 1.17 bits per heavy atom. The van der Waals surface area contributed by atoms with Gasteiger partial charge in [-0.15, -0.1) is 0 Å². The van der Waals surface area contributed by atoms with Crippen molar-refractivity contribution in [3.8, 4) is 0 Å². The summed E-state index contributed by atoms with van der Waals surface area (Å²) >= 11 is 0. The SMILES string of the molecule is CC(=O)O[C@@H]1[C@@H](O[C@@H]2[C@@H](OCc3ccc(Cn4cc[n+](C)c4)cc3)O[C@H](COCc3ccccc3)[C@@H](OCc3ccccc3)[C@@H]2OCc2ccccc2)O[C@H](COCc2ccccc2)[C@@H](OCc2ccccc2)[C@@H]1OCc1ccccc1. The van der Waals surface area contributed by atoms with Crippen LogP contribution >= 0.6 is 0 Å². The quantitative estimate of drug-likeness (QED) is 0.0342. The monoisotopic (exact) mass is 1110 g/mol. The van der Waals surface area contributed by atoms with E-state index in [1.165, 1.54) is 6.92 Å². The molecular formula is C68H73N2O12+. The first-order chi connectivity index (χ1) is 40.4. The first-order valence-corrected chi connectivity index (χ1v) is 28.1. The number of ether oxygens (including phenoxy) is 11. The van der Waals surface area contributed by atoms with E-state index >= 15 is 0 Å². The summed E-state index contributed by atoms with van der Waals surface area (Å²) in [6.45, 7) is 3.74. The van der Waals surface area contributed by atoms with E-state index in [0.29, 0.717) is 19.8 Å². The van der Waals surface area contributed by atoms with Crippen molar-refractivity contribution in [3.05, 3.63) is 269 Å². The van der Waals surface area contributed by atoms with Crippen molar-refractivity contribution in [2.24, 2.45) is 7.05 Å². The standard InChI is InChI=1S/C68H73N2O12/c1-50(71)79-66-64(77-45-57-31-19-8-20-32-57)62(75-43-55-27-15-6-16-28-55)60(48-73-41-53-23-11-4-12-24-53)81-68(66)82-65-63(76-44-56-29-17-7-18-30-56)61(74-42-54-25-13-5-14-26-54)59(47-72-40-52-21-9-3-10-22-52)80-67(65)78-46-58-35-33-51(34-36-58)39-70-38-37-69(2)49-70/h3-38,49,59-68H,39-48H2,1-2H3/q+1/t59-,60-,61-,62-,63+,64+,65+,66+,67+,68-/m1/s1. The molecule has 426 valence electrons. The largest absolute Gasteiger partial charge is 0.454 e. The lowest BCUT2D eigenvalue weighted by molar-refractivity contribution is -0.671. The summed E-state index contributed by atoms with van der Waals surface area (Å²) in [6.07, 6.45) is -3.74. The number of hydrogen-bond acceptors (Lipinski definition) is 12. The topological polar surface area (TPSA) is 127 Å². The molecule has 0 N–H and O–H groups in total. The maximum atomic E-state index is 13.6. The van der Waals surface area contributed by atoms with Crippen molar-refractivity contribution >= 4 is 5.97 Å². The molecule has 1 aromatic heterocycles. The number of carbonyl (C=O) groups excluding carboxylic acids is 1. The van der Waals surface area contributed by atoms with E-state index in [4.69, 9.17) is 52.1 Å². The van der Waals surface area contributed by atoms with Crippen LogP contribution in [-0.2, 0) is 117 Å². The summed E-state index contributed by atoms with van der Waals surface area (Å²) in [5, 5.41) is 0. The Labute approximate surface area is 480 Å². The molecule has 2 aliphatic rings.